The average Bonchev–Trinajstić information content (AvgIpc) is 3.25. The molecular formula is C48H92N3O12P. The molecule has 0 fully saturated rings. The first-order chi connectivity index (χ1) is 30.8. The van der Waals surface area contributed by atoms with Gasteiger partial charge in [-0.25, -0.2) is 4.57 Å². The molecule has 1 unspecified atom stereocenters. The van der Waals surface area contributed by atoms with Crippen LogP contribution in [0.2, 0.25) is 0 Å². The van der Waals surface area contributed by atoms with Gasteiger partial charge in [-0.05, 0) is 32.1 Å². The maximum absolute atomic E-state index is 13.0. The van der Waals surface area contributed by atoms with Gasteiger partial charge in [0.15, 0.2) is 0 Å². The molecule has 0 radical (unpaired) electrons. The Hall–Kier alpha value is -2.58. The third-order valence-electron chi connectivity index (χ3n) is 11.1. The number of phosphoric ester groups is 1. The summed E-state index contributed by atoms with van der Waals surface area (Å²) in [5.41, 5.74) is 0. The maximum atomic E-state index is 13.0. The molecular weight excluding hydrogens is 842 g/mol. The molecule has 0 bridgehead atoms. The van der Waals surface area contributed by atoms with Gasteiger partial charge in [0.1, 0.15) is 12.1 Å². The first kappa shape index (κ1) is 61.4. The van der Waals surface area contributed by atoms with Crippen LogP contribution < -0.4 is 16.0 Å². The molecule has 16 heteroatoms. The summed E-state index contributed by atoms with van der Waals surface area (Å²) >= 11 is 0. The molecule has 0 saturated carbocycles. The van der Waals surface area contributed by atoms with Gasteiger partial charge in [-0.3, -0.25) is 33.0 Å². The van der Waals surface area contributed by atoms with Gasteiger partial charge in [-0.15, -0.1) is 0 Å². The van der Waals surface area contributed by atoms with Crippen molar-refractivity contribution in [2.45, 2.75) is 245 Å². The van der Waals surface area contributed by atoms with Crippen molar-refractivity contribution in [1.82, 2.24) is 16.0 Å². The molecule has 0 heterocycles. The van der Waals surface area contributed by atoms with Gasteiger partial charge in [-0.2, -0.15) is 0 Å². The molecule has 3 amide bonds. The minimum atomic E-state index is -4.65. The number of carbonyl (C=O) groups excluding carboxylic acids is 4. The molecule has 0 spiro atoms. The molecule has 0 aromatic carbocycles. The van der Waals surface area contributed by atoms with E-state index in [9.17, 15) is 33.4 Å². The number of rotatable bonds is 47. The predicted molar refractivity (Wildman–Crippen MR) is 253 cm³/mol. The summed E-state index contributed by atoms with van der Waals surface area (Å²) in [6.07, 6.45) is 29.8. The highest BCUT2D eigenvalue weighted by atomic mass is 31.2. The number of phosphoric acid groups is 1. The van der Waals surface area contributed by atoms with E-state index in [0.717, 1.165) is 70.6 Å². The van der Waals surface area contributed by atoms with Gasteiger partial charge in [0.05, 0.1) is 32.5 Å². The molecule has 0 saturated heterocycles. The second kappa shape index (κ2) is 43.0. The number of aliphatic carboxylic acids is 1. The maximum Gasteiger partial charge on any atom is 0.472 e. The zero-order valence-corrected chi connectivity index (χ0v) is 41.5. The normalized spacial score (nSPS) is 13.7. The first-order valence-electron chi connectivity index (χ1n) is 25.3. The van der Waals surface area contributed by atoms with Crippen molar-refractivity contribution in [3.05, 3.63) is 0 Å². The monoisotopic (exact) mass is 934 g/mol. The minimum absolute atomic E-state index is 0.0173. The number of nitrogens with one attached hydrogen (secondary N) is 3. The van der Waals surface area contributed by atoms with Crippen LogP contribution >= 0.6 is 7.82 Å². The lowest BCUT2D eigenvalue weighted by molar-refractivity contribution is -0.150. The largest absolute Gasteiger partial charge is 0.481 e. The van der Waals surface area contributed by atoms with E-state index in [0.29, 0.717) is 25.7 Å². The third kappa shape index (κ3) is 40.9. The Balaban J connectivity index is 5.22. The van der Waals surface area contributed by atoms with Crippen LogP contribution in [0.25, 0.3) is 0 Å². The highest BCUT2D eigenvalue weighted by molar-refractivity contribution is 7.47. The van der Waals surface area contributed by atoms with Crippen molar-refractivity contribution in [1.29, 1.82) is 0 Å². The van der Waals surface area contributed by atoms with Gasteiger partial charge in [0.2, 0.25) is 17.7 Å². The van der Waals surface area contributed by atoms with Crippen molar-refractivity contribution in [2.75, 3.05) is 33.0 Å². The molecule has 0 aliphatic rings. The molecule has 0 aromatic heterocycles. The quantitative estimate of drug-likeness (QED) is 0.0219. The number of carbonyl (C=O) groups is 5. The summed E-state index contributed by atoms with van der Waals surface area (Å²) in [6.45, 7) is 7.01. The topological polar surface area (TPSA) is 216 Å². The lowest BCUT2D eigenvalue weighted by Gasteiger charge is -2.22. The van der Waals surface area contributed by atoms with Gasteiger partial charge in [0.25, 0.3) is 0 Å². The molecule has 376 valence electrons. The number of unbranched alkanes of at least 4 members (excludes halogenated alkanes) is 22. The standard InChI is InChI=1S/C48H92N3O12P/c1-5-8-11-14-16-18-19-21-22-25-28-31-45(53)51-42(40-62-64(58,59)61-38-36-49-48(57)44(50-41(4)52)33-34-46(54)55)39-60-37-35-43(30-27-24-13-10-7-3)63-47(56)32-29-26-23-20-17-15-12-9-6-2/h42-44H,5-40H2,1-4H3,(H,49,57)(H,50,52)(H,51,53)(H,54,55)(H,58,59)/t42-,43-,44+/m1/s1. The summed E-state index contributed by atoms with van der Waals surface area (Å²) in [5, 5.41) is 16.7. The van der Waals surface area contributed by atoms with Crippen molar-refractivity contribution >= 4 is 37.5 Å². The number of hydrogen-bond donors (Lipinski definition) is 5. The fourth-order valence-corrected chi connectivity index (χ4v) is 8.11. The summed E-state index contributed by atoms with van der Waals surface area (Å²) in [6, 6.07) is -1.88. The van der Waals surface area contributed by atoms with E-state index in [1.165, 1.54) is 96.8 Å². The van der Waals surface area contributed by atoms with Crippen LogP contribution in [0.4, 0.5) is 0 Å². The summed E-state index contributed by atoms with van der Waals surface area (Å²) in [5.74, 6) is -2.72. The van der Waals surface area contributed by atoms with Crippen molar-refractivity contribution in [3.63, 3.8) is 0 Å². The third-order valence-corrected chi connectivity index (χ3v) is 12.1. The zero-order chi connectivity index (χ0) is 47.5. The van der Waals surface area contributed by atoms with Gasteiger partial charge < -0.3 is 35.4 Å². The SMILES string of the molecule is CCCCCCCCCCCCCC(=O)N[C@H](COCC[C@@H](CCCCCCC)OC(=O)CCCCCCCCCCC)COP(=O)(O)OCCNC(=O)[C@H](CCC(=O)O)NC(C)=O. The number of carboxylic acid groups (broad SMARTS) is 1. The van der Waals surface area contributed by atoms with Crippen LogP contribution in [0.5, 0.6) is 0 Å². The van der Waals surface area contributed by atoms with E-state index in [2.05, 4.69) is 36.7 Å². The number of amides is 3. The molecule has 0 rings (SSSR count). The van der Waals surface area contributed by atoms with E-state index in [4.69, 9.17) is 23.6 Å². The van der Waals surface area contributed by atoms with Crippen LogP contribution in [0.15, 0.2) is 0 Å². The molecule has 0 aromatic rings. The molecule has 15 nitrogen and oxygen atoms in total. The second-order valence-corrected chi connectivity index (χ2v) is 18.8. The number of carboxylic acids is 1. The molecule has 64 heavy (non-hydrogen) atoms. The van der Waals surface area contributed by atoms with E-state index in [1.807, 2.05) is 0 Å². The van der Waals surface area contributed by atoms with Crippen molar-refractivity contribution in [2.24, 2.45) is 0 Å². The van der Waals surface area contributed by atoms with Gasteiger partial charge in [-0.1, -0.05) is 162 Å². The molecule has 5 N–H and O–H groups in total. The van der Waals surface area contributed by atoms with Crippen LogP contribution in [0.3, 0.4) is 0 Å². The van der Waals surface area contributed by atoms with Gasteiger partial charge in [0, 0.05) is 39.2 Å². The number of hydrogen-bond acceptors (Lipinski definition) is 10. The average molecular weight is 934 g/mol. The van der Waals surface area contributed by atoms with Crippen LogP contribution in [0, 0.1) is 0 Å². The van der Waals surface area contributed by atoms with E-state index < -0.39 is 50.9 Å². The Morgan fingerprint density at radius 1 is 0.562 bits per heavy atom. The zero-order valence-electron chi connectivity index (χ0n) is 40.6. The fourth-order valence-electron chi connectivity index (χ4n) is 7.35. The Labute approximate surface area is 387 Å². The van der Waals surface area contributed by atoms with Crippen molar-refractivity contribution < 1.29 is 57.1 Å². The highest BCUT2D eigenvalue weighted by Crippen LogP contribution is 2.43. The van der Waals surface area contributed by atoms with Crippen LogP contribution in [-0.4, -0.2) is 90.8 Å². The fraction of sp³-hybridized carbons (Fsp3) is 0.896. The Morgan fingerprint density at radius 2 is 1.06 bits per heavy atom. The van der Waals surface area contributed by atoms with E-state index in [-0.39, 0.29) is 50.6 Å². The Kier molecular flexibility index (Phi) is 41.3. The number of ether oxygens (including phenoxy) is 2. The van der Waals surface area contributed by atoms with Crippen molar-refractivity contribution in [3.8, 4) is 0 Å². The summed E-state index contributed by atoms with van der Waals surface area (Å²) < 4.78 is 35.1. The first-order valence-corrected chi connectivity index (χ1v) is 26.8. The van der Waals surface area contributed by atoms with Crippen LogP contribution in [-0.2, 0) is 47.1 Å². The molecule has 0 aliphatic carbocycles. The highest BCUT2D eigenvalue weighted by Gasteiger charge is 2.26. The predicted octanol–water partition coefficient (Wildman–Crippen LogP) is 10.4. The van der Waals surface area contributed by atoms with E-state index in [1.54, 1.807) is 0 Å². The second-order valence-electron chi connectivity index (χ2n) is 17.4. The lowest BCUT2D eigenvalue weighted by Crippen LogP contribution is -2.47. The number of esters is 1. The summed E-state index contributed by atoms with van der Waals surface area (Å²) in [4.78, 5) is 71.3. The smallest absolute Gasteiger partial charge is 0.472 e. The van der Waals surface area contributed by atoms with E-state index >= 15 is 0 Å². The minimum Gasteiger partial charge on any atom is -0.481 e. The van der Waals surface area contributed by atoms with Crippen LogP contribution in [0.1, 0.15) is 227 Å². The lowest BCUT2D eigenvalue weighted by atomic mass is 10.1. The Bertz CT molecular complexity index is 1240. The summed E-state index contributed by atoms with van der Waals surface area (Å²) in [7, 11) is -4.65. The molecule has 0 aliphatic heterocycles. The molecule has 4 atom stereocenters. The Morgan fingerprint density at radius 3 is 1.58 bits per heavy atom. The van der Waals surface area contributed by atoms with Gasteiger partial charge >= 0.3 is 19.8 Å².